The molecule has 110 valence electrons. The molecule has 1 aliphatic rings. The molecule has 1 aromatic heterocycles. The molecule has 1 fully saturated rings. The van der Waals surface area contributed by atoms with Crippen molar-refractivity contribution in [3.8, 4) is 0 Å². The summed E-state index contributed by atoms with van der Waals surface area (Å²) >= 11 is 0. The van der Waals surface area contributed by atoms with Gasteiger partial charge in [-0.25, -0.2) is 0 Å². The minimum absolute atomic E-state index is 0.227. The van der Waals surface area contributed by atoms with Crippen LogP contribution in [0.15, 0.2) is 36.5 Å². The van der Waals surface area contributed by atoms with Crippen molar-refractivity contribution in [2.75, 3.05) is 19.8 Å². The van der Waals surface area contributed by atoms with Crippen LogP contribution in [-0.4, -0.2) is 30.5 Å². The van der Waals surface area contributed by atoms with Gasteiger partial charge in [0.1, 0.15) is 5.78 Å². The Labute approximate surface area is 124 Å². The fraction of sp³-hybridized carbons (Fsp3) is 0.412. The SMILES string of the molecule is NCC1(C(=O)Cc2ccnc3ccccc23)CCOCC1. The fourth-order valence-electron chi connectivity index (χ4n) is 3.03. The smallest absolute Gasteiger partial charge is 0.144 e. The van der Waals surface area contributed by atoms with E-state index in [0.717, 1.165) is 29.3 Å². The molecule has 0 radical (unpaired) electrons. The number of benzene rings is 1. The summed E-state index contributed by atoms with van der Waals surface area (Å²) in [5.41, 5.74) is 7.46. The first-order valence-electron chi connectivity index (χ1n) is 7.39. The third kappa shape index (κ3) is 2.69. The number of pyridine rings is 1. The number of Topliss-reactive ketones (excluding diaryl/α,β-unsaturated/α-hetero) is 1. The molecule has 0 unspecified atom stereocenters. The van der Waals surface area contributed by atoms with E-state index in [4.69, 9.17) is 10.5 Å². The van der Waals surface area contributed by atoms with Gasteiger partial charge < -0.3 is 10.5 Å². The van der Waals surface area contributed by atoms with Crippen molar-refractivity contribution in [1.29, 1.82) is 0 Å². The van der Waals surface area contributed by atoms with Crippen molar-refractivity contribution >= 4 is 16.7 Å². The average Bonchev–Trinajstić information content (AvgIpc) is 2.56. The maximum atomic E-state index is 12.8. The van der Waals surface area contributed by atoms with Crippen molar-refractivity contribution in [1.82, 2.24) is 4.98 Å². The van der Waals surface area contributed by atoms with Gasteiger partial charge in [-0.3, -0.25) is 9.78 Å². The normalized spacial score (nSPS) is 17.8. The summed E-state index contributed by atoms with van der Waals surface area (Å²) in [5.74, 6) is 0.227. The Balaban J connectivity index is 1.89. The van der Waals surface area contributed by atoms with Crippen molar-refractivity contribution in [3.05, 3.63) is 42.1 Å². The largest absolute Gasteiger partial charge is 0.381 e. The predicted octanol–water partition coefficient (Wildman–Crippen LogP) is 2.10. The number of hydrogen-bond donors (Lipinski definition) is 1. The zero-order valence-electron chi connectivity index (χ0n) is 12.0. The van der Waals surface area contributed by atoms with E-state index in [9.17, 15) is 4.79 Å². The Bertz CT molecular complexity index is 643. The number of ether oxygens (including phenoxy) is 1. The highest BCUT2D eigenvalue weighted by molar-refractivity contribution is 5.92. The number of ketones is 1. The van der Waals surface area contributed by atoms with Gasteiger partial charge in [0.15, 0.2) is 0 Å². The van der Waals surface area contributed by atoms with Crippen molar-refractivity contribution in [3.63, 3.8) is 0 Å². The molecule has 2 heterocycles. The van der Waals surface area contributed by atoms with E-state index >= 15 is 0 Å². The zero-order chi connectivity index (χ0) is 14.7. The number of nitrogens with zero attached hydrogens (tertiary/aromatic N) is 1. The van der Waals surface area contributed by atoms with Crippen LogP contribution in [0.5, 0.6) is 0 Å². The van der Waals surface area contributed by atoms with Crippen LogP contribution in [0.1, 0.15) is 18.4 Å². The van der Waals surface area contributed by atoms with Crippen molar-refractivity contribution in [2.24, 2.45) is 11.1 Å². The second-order valence-electron chi connectivity index (χ2n) is 5.68. The summed E-state index contributed by atoms with van der Waals surface area (Å²) < 4.78 is 5.38. The second-order valence-corrected chi connectivity index (χ2v) is 5.68. The Morgan fingerprint density at radius 1 is 1.24 bits per heavy atom. The van der Waals surface area contributed by atoms with Gasteiger partial charge >= 0.3 is 0 Å². The highest BCUT2D eigenvalue weighted by Gasteiger charge is 2.38. The first kappa shape index (κ1) is 14.2. The molecule has 1 aromatic carbocycles. The van der Waals surface area contributed by atoms with Gasteiger partial charge in [0.25, 0.3) is 0 Å². The van der Waals surface area contributed by atoms with Crippen molar-refractivity contribution in [2.45, 2.75) is 19.3 Å². The number of fused-ring (bicyclic) bond motifs is 1. The first-order valence-corrected chi connectivity index (χ1v) is 7.39. The summed E-state index contributed by atoms with van der Waals surface area (Å²) in [7, 11) is 0. The lowest BCUT2D eigenvalue weighted by atomic mass is 9.74. The molecule has 1 saturated heterocycles. The molecule has 0 amide bonds. The van der Waals surface area contributed by atoms with Crippen LogP contribution in [0.25, 0.3) is 10.9 Å². The number of rotatable bonds is 4. The van der Waals surface area contributed by atoms with Crippen LogP contribution < -0.4 is 5.73 Å². The molecule has 0 atom stereocenters. The molecular weight excluding hydrogens is 264 g/mol. The van der Waals surface area contributed by atoms with Gasteiger partial charge in [0.2, 0.25) is 0 Å². The molecule has 0 bridgehead atoms. The topological polar surface area (TPSA) is 65.2 Å². The van der Waals surface area contributed by atoms with Gasteiger partial charge in [0, 0.05) is 43.2 Å². The molecule has 3 rings (SSSR count). The average molecular weight is 284 g/mol. The highest BCUT2D eigenvalue weighted by Crippen LogP contribution is 2.32. The molecule has 2 aromatic rings. The van der Waals surface area contributed by atoms with Crippen LogP contribution in [0.4, 0.5) is 0 Å². The monoisotopic (exact) mass is 284 g/mol. The third-order valence-electron chi connectivity index (χ3n) is 4.52. The number of carbonyl (C=O) groups is 1. The quantitative estimate of drug-likeness (QED) is 0.933. The lowest BCUT2D eigenvalue weighted by Gasteiger charge is -2.34. The summed E-state index contributed by atoms with van der Waals surface area (Å²) in [6, 6.07) is 9.86. The van der Waals surface area contributed by atoms with Gasteiger partial charge in [-0.1, -0.05) is 18.2 Å². The van der Waals surface area contributed by atoms with Gasteiger partial charge in [-0.2, -0.15) is 0 Å². The number of carbonyl (C=O) groups excluding carboxylic acids is 1. The number of hydrogen-bond acceptors (Lipinski definition) is 4. The maximum Gasteiger partial charge on any atom is 0.144 e. The predicted molar refractivity (Wildman–Crippen MR) is 82.0 cm³/mol. The van der Waals surface area contributed by atoms with Crippen molar-refractivity contribution < 1.29 is 9.53 Å². The Hall–Kier alpha value is -1.78. The molecule has 4 nitrogen and oxygen atoms in total. The van der Waals surface area contributed by atoms with Gasteiger partial charge in [-0.05, 0) is 30.5 Å². The molecule has 0 aliphatic carbocycles. The van der Waals surface area contributed by atoms with E-state index < -0.39 is 5.41 Å². The minimum atomic E-state index is -0.414. The van der Waals surface area contributed by atoms with Crippen LogP contribution in [0.3, 0.4) is 0 Å². The lowest BCUT2D eigenvalue weighted by molar-refractivity contribution is -0.132. The van der Waals surface area contributed by atoms with E-state index in [1.807, 2.05) is 30.3 Å². The van der Waals surface area contributed by atoms with E-state index in [1.165, 1.54) is 0 Å². The fourth-order valence-corrected chi connectivity index (χ4v) is 3.03. The summed E-state index contributed by atoms with van der Waals surface area (Å²) in [6.07, 6.45) is 3.64. The Kier molecular flexibility index (Phi) is 3.99. The third-order valence-corrected chi connectivity index (χ3v) is 4.52. The minimum Gasteiger partial charge on any atom is -0.381 e. The number of aromatic nitrogens is 1. The standard InChI is InChI=1S/C17H20N2O2/c18-12-17(6-9-21-10-7-17)16(20)11-13-5-8-19-15-4-2-1-3-14(13)15/h1-5,8H,6-7,9-12,18H2. The second kappa shape index (κ2) is 5.92. The van der Waals surface area contributed by atoms with E-state index in [-0.39, 0.29) is 5.78 Å². The molecule has 21 heavy (non-hydrogen) atoms. The number of nitrogens with two attached hydrogens (primary N) is 1. The summed E-state index contributed by atoms with van der Waals surface area (Å²) in [5, 5.41) is 1.05. The molecule has 0 spiro atoms. The van der Waals surface area contributed by atoms with E-state index in [0.29, 0.717) is 26.2 Å². The Morgan fingerprint density at radius 2 is 2.00 bits per heavy atom. The van der Waals surface area contributed by atoms with Crippen LogP contribution in [-0.2, 0) is 16.0 Å². The molecular formula is C17H20N2O2. The van der Waals surface area contributed by atoms with E-state index in [2.05, 4.69) is 4.98 Å². The molecule has 1 aliphatic heterocycles. The summed E-state index contributed by atoms with van der Waals surface area (Å²) in [6.45, 7) is 1.65. The van der Waals surface area contributed by atoms with Gasteiger partial charge in [-0.15, -0.1) is 0 Å². The number of para-hydroxylation sites is 1. The lowest BCUT2D eigenvalue weighted by Crippen LogP contribution is -2.44. The van der Waals surface area contributed by atoms with Crippen LogP contribution in [0, 0.1) is 5.41 Å². The van der Waals surface area contributed by atoms with E-state index in [1.54, 1.807) is 6.20 Å². The molecule has 2 N–H and O–H groups in total. The van der Waals surface area contributed by atoms with Crippen LogP contribution >= 0.6 is 0 Å². The first-order chi connectivity index (χ1) is 10.2. The molecule has 4 heteroatoms. The summed E-state index contributed by atoms with van der Waals surface area (Å²) in [4.78, 5) is 17.2. The Morgan fingerprint density at radius 3 is 2.76 bits per heavy atom. The highest BCUT2D eigenvalue weighted by atomic mass is 16.5. The van der Waals surface area contributed by atoms with Gasteiger partial charge in [0.05, 0.1) is 5.52 Å². The zero-order valence-corrected chi connectivity index (χ0v) is 12.0. The van der Waals surface area contributed by atoms with Crippen LogP contribution in [0.2, 0.25) is 0 Å². The maximum absolute atomic E-state index is 12.8. The molecule has 0 saturated carbocycles.